The molecule has 0 radical (unpaired) electrons. The Kier molecular flexibility index (Phi) is 5.65. The largest absolute Gasteiger partial charge is 0.345 e. The van der Waals surface area contributed by atoms with E-state index >= 15 is 0 Å². The lowest BCUT2D eigenvalue weighted by atomic mass is 10.1. The minimum absolute atomic E-state index is 0.0431. The number of carbonyl (C=O) groups is 2. The molecule has 3 heterocycles. The van der Waals surface area contributed by atoms with E-state index in [4.69, 9.17) is 0 Å². The van der Waals surface area contributed by atoms with E-state index < -0.39 is 0 Å². The Labute approximate surface area is 153 Å². The first-order chi connectivity index (χ1) is 12.5. The Hall–Kier alpha value is -2.70. The lowest BCUT2D eigenvalue weighted by Crippen LogP contribution is -2.35. The van der Waals surface area contributed by atoms with Gasteiger partial charge in [-0.1, -0.05) is 0 Å². The van der Waals surface area contributed by atoms with E-state index in [0.717, 1.165) is 24.2 Å². The summed E-state index contributed by atoms with van der Waals surface area (Å²) >= 11 is 0. The number of pyridine rings is 1. The van der Waals surface area contributed by atoms with Crippen molar-refractivity contribution in [3.05, 3.63) is 48.3 Å². The van der Waals surface area contributed by atoms with Crippen LogP contribution in [0.15, 0.2) is 36.9 Å². The van der Waals surface area contributed by atoms with Crippen molar-refractivity contribution in [2.75, 3.05) is 20.1 Å². The molecule has 138 valence electrons. The topological polar surface area (TPSA) is 71.3 Å². The van der Waals surface area contributed by atoms with Crippen LogP contribution in [0.5, 0.6) is 0 Å². The first-order valence-electron chi connectivity index (χ1n) is 8.92. The van der Waals surface area contributed by atoms with Crippen LogP contribution < -0.4 is 0 Å². The van der Waals surface area contributed by atoms with Crippen molar-refractivity contribution >= 4 is 11.8 Å². The zero-order valence-electron chi connectivity index (χ0n) is 15.3. The van der Waals surface area contributed by atoms with Crippen molar-refractivity contribution < 1.29 is 9.59 Å². The monoisotopic (exact) mass is 355 g/mol. The zero-order valence-corrected chi connectivity index (χ0v) is 15.3. The summed E-state index contributed by atoms with van der Waals surface area (Å²) in [4.78, 5) is 36.7. The third kappa shape index (κ3) is 4.28. The van der Waals surface area contributed by atoms with E-state index in [0.29, 0.717) is 26.1 Å². The van der Waals surface area contributed by atoms with Crippen LogP contribution in [-0.4, -0.2) is 56.3 Å². The molecule has 0 aliphatic carbocycles. The second kappa shape index (κ2) is 8.12. The first-order valence-corrected chi connectivity index (χ1v) is 8.92. The molecule has 1 aliphatic heterocycles. The van der Waals surface area contributed by atoms with Crippen LogP contribution in [0.25, 0.3) is 0 Å². The van der Waals surface area contributed by atoms with E-state index in [2.05, 4.69) is 9.97 Å². The molecule has 1 saturated heterocycles. The highest BCUT2D eigenvalue weighted by molar-refractivity contribution is 5.89. The number of likely N-dealkylation sites (tertiary alicyclic amines) is 1. The maximum atomic E-state index is 12.7. The Balaban J connectivity index is 1.48. The summed E-state index contributed by atoms with van der Waals surface area (Å²) in [5.74, 6) is 0.866. The van der Waals surface area contributed by atoms with Gasteiger partial charge < -0.3 is 14.4 Å². The zero-order chi connectivity index (χ0) is 18.5. The van der Waals surface area contributed by atoms with Crippen molar-refractivity contribution in [2.24, 2.45) is 13.0 Å². The molecule has 0 spiro atoms. The Morgan fingerprint density at radius 1 is 1.31 bits per heavy atom. The van der Waals surface area contributed by atoms with Gasteiger partial charge in [-0.25, -0.2) is 4.98 Å². The number of nitrogens with zero attached hydrogens (tertiary/aromatic N) is 5. The molecule has 1 atom stereocenters. The van der Waals surface area contributed by atoms with Gasteiger partial charge in [-0.15, -0.1) is 0 Å². The van der Waals surface area contributed by atoms with Gasteiger partial charge in [0.1, 0.15) is 5.82 Å². The standard InChI is InChI=1S/C19H25N5O2/c1-22-11-9-21-17(22)4-3-10-23(2)19(26)16-12-18(25)24(14-16)13-15-5-7-20-8-6-15/h5-9,11,16H,3-4,10,12-14H2,1-2H3/t16-/m0/s1. The second-order valence-corrected chi connectivity index (χ2v) is 6.85. The lowest BCUT2D eigenvalue weighted by molar-refractivity contribution is -0.134. The summed E-state index contributed by atoms with van der Waals surface area (Å²) < 4.78 is 1.99. The summed E-state index contributed by atoms with van der Waals surface area (Å²) in [6.07, 6.45) is 9.13. The third-order valence-electron chi connectivity index (χ3n) is 4.88. The molecule has 0 saturated carbocycles. The number of aromatic nitrogens is 3. The molecule has 0 N–H and O–H groups in total. The Bertz CT molecular complexity index is 758. The van der Waals surface area contributed by atoms with Crippen molar-refractivity contribution in [3.63, 3.8) is 0 Å². The van der Waals surface area contributed by atoms with Gasteiger partial charge in [-0.05, 0) is 24.1 Å². The molecule has 3 rings (SSSR count). The van der Waals surface area contributed by atoms with Gasteiger partial charge in [0.2, 0.25) is 11.8 Å². The number of amides is 2. The normalized spacial score (nSPS) is 16.9. The quantitative estimate of drug-likeness (QED) is 0.750. The first kappa shape index (κ1) is 18.1. The molecule has 7 nitrogen and oxygen atoms in total. The van der Waals surface area contributed by atoms with Gasteiger partial charge in [-0.2, -0.15) is 0 Å². The highest BCUT2D eigenvalue weighted by Gasteiger charge is 2.35. The van der Waals surface area contributed by atoms with Crippen molar-refractivity contribution in [1.29, 1.82) is 0 Å². The maximum Gasteiger partial charge on any atom is 0.227 e. The molecule has 7 heteroatoms. The van der Waals surface area contributed by atoms with E-state index in [-0.39, 0.29) is 17.7 Å². The van der Waals surface area contributed by atoms with Crippen LogP contribution in [0, 0.1) is 5.92 Å². The smallest absolute Gasteiger partial charge is 0.227 e. The summed E-state index contributed by atoms with van der Waals surface area (Å²) in [7, 11) is 3.79. The summed E-state index contributed by atoms with van der Waals surface area (Å²) in [6, 6.07) is 3.79. The lowest BCUT2D eigenvalue weighted by Gasteiger charge is -2.21. The molecule has 0 aromatic carbocycles. The van der Waals surface area contributed by atoms with Crippen LogP contribution in [-0.2, 0) is 29.6 Å². The highest BCUT2D eigenvalue weighted by atomic mass is 16.2. The SMILES string of the molecule is CN(CCCc1nccn1C)C(=O)[C@H]1CC(=O)N(Cc2ccncc2)C1. The molecular formula is C19H25N5O2. The second-order valence-electron chi connectivity index (χ2n) is 6.85. The molecule has 0 unspecified atom stereocenters. The minimum atomic E-state index is -0.248. The van der Waals surface area contributed by atoms with E-state index in [1.807, 2.05) is 37.0 Å². The predicted molar refractivity (Wildman–Crippen MR) is 96.9 cm³/mol. The number of hydrogen-bond donors (Lipinski definition) is 0. The fraction of sp³-hybridized carbons (Fsp3) is 0.474. The van der Waals surface area contributed by atoms with Crippen LogP contribution in [0.2, 0.25) is 0 Å². The van der Waals surface area contributed by atoms with Crippen molar-refractivity contribution in [3.8, 4) is 0 Å². The fourth-order valence-electron chi connectivity index (χ4n) is 3.33. The molecule has 2 aromatic heterocycles. The molecule has 1 aliphatic rings. The van der Waals surface area contributed by atoms with Crippen molar-refractivity contribution in [2.45, 2.75) is 25.8 Å². The van der Waals surface area contributed by atoms with Gasteiger partial charge in [-0.3, -0.25) is 14.6 Å². The molecule has 26 heavy (non-hydrogen) atoms. The summed E-state index contributed by atoms with van der Waals surface area (Å²) in [5, 5.41) is 0. The molecule has 2 amide bonds. The van der Waals surface area contributed by atoms with Gasteiger partial charge in [0.05, 0.1) is 5.92 Å². The van der Waals surface area contributed by atoms with Crippen LogP contribution in [0.1, 0.15) is 24.2 Å². The number of carbonyl (C=O) groups excluding carboxylic acids is 2. The number of hydrogen-bond acceptors (Lipinski definition) is 4. The van der Waals surface area contributed by atoms with Crippen molar-refractivity contribution in [1.82, 2.24) is 24.3 Å². The molecule has 2 aromatic rings. The van der Waals surface area contributed by atoms with Gasteiger partial charge in [0, 0.05) is 71.4 Å². The fourth-order valence-corrected chi connectivity index (χ4v) is 3.33. The Morgan fingerprint density at radius 3 is 2.77 bits per heavy atom. The highest BCUT2D eigenvalue weighted by Crippen LogP contribution is 2.22. The van der Waals surface area contributed by atoms with E-state index in [9.17, 15) is 9.59 Å². The summed E-state index contributed by atoms with van der Waals surface area (Å²) in [6.45, 7) is 1.69. The number of rotatable bonds is 7. The minimum Gasteiger partial charge on any atom is -0.345 e. The van der Waals surface area contributed by atoms with Gasteiger partial charge in [0.15, 0.2) is 0 Å². The molecule has 0 bridgehead atoms. The average Bonchev–Trinajstić information content (AvgIpc) is 3.21. The summed E-state index contributed by atoms with van der Waals surface area (Å²) in [5.41, 5.74) is 1.03. The van der Waals surface area contributed by atoms with Crippen LogP contribution in [0.3, 0.4) is 0 Å². The average molecular weight is 355 g/mol. The predicted octanol–water partition coefficient (Wildman–Crippen LogP) is 1.25. The van der Waals surface area contributed by atoms with E-state index in [1.165, 1.54) is 0 Å². The number of imidazole rings is 1. The molecular weight excluding hydrogens is 330 g/mol. The Morgan fingerprint density at radius 2 is 2.08 bits per heavy atom. The van der Waals surface area contributed by atoms with Gasteiger partial charge >= 0.3 is 0 Å². The van der Waals surface area contributed by atoms with E-state index in [1.54, 1.807) is 28.4 Å². The number of aryl methyl sites for hydroxylation is 2. The third-order valence-corrected chi connectivity index (χ3v) is 4.88. The van der Waals surface area contributed by atoms with Crippen LogP contribution >= 0.6 is 0 Å². The maximum absolute atomic E-state index is 12.7. The van der Waals surface area contributed by atoms with Gasteiger partial charge in [0.25, 0.3) is 0 Å². The van der Waals surface area contributed by atoms with Crippen LogP contribution in [0.4, 0.5) is 0 Å². The molecule has 1 fully saturated rings.